The quantitative estimate of drug-likeness (QED) is 0.149. The first-order valence-corrected chi connectivity index (χ1v) is 25.6. The number of aromatic nitrogens is 3. The predicted octanol–water partition coefficient (Wildman–Crippen LogP) is 13.2. The number of phenols is 1. The Hall–Kier alpha value is -4.80. The fourth-order valence-electron chi connectivity index (χ4n) is 7.58. The minimum atomic E-state index is -0.344. The molecule has 0 spiro atoms. The first-order chi connectivity index (χ1) is 30.9. The van der Waals surface area contributed by atoms with Crippen molar-refractivity contribution in [2.45, 2.75) is 79.0 Å². The van der Waals surface area contributed by atoms with E-state index < -0.39 is 0 Å². The number of phenolic OH excluding ortho intramolecular Hbond substituents is 1. The van der Waals surface area contributed by atoms with Crippen LogP contribution in [0, 0.1) is 13.8 Å². The summed E-state index contributed by atoms with van der Waals surface area (Å²) in [5.41, 5.74) is 4.39. The van der Waals surface area contributed by atoms with E-state index in [1.165, 1.54) is 36.5 Å². The van der Waals surface area contributed by atoms with Crippen LogP contribution in [0.1, 0.15) is 55.2 Å². The molecule has 1 N–H and O–H groups in total. The number of rotatable bonds is 8. The van der Waals surface area contributed by atoms with Gasteiger partial charge in [-0.25, -0.2) is 15.0 Å². The fraction of sp³-hybridized carbons (Fsp3) is 0.280. The lowest BCUT2D eigenvalue weighted by atomic mass is 10.1. The lowest BCUT2D eigenvalue weighted by molar-refractivity contribution is -0.187. The van der Waals surface area contributed by atoms with Crippen LogP contribution in [-0.2, 0) is 14.3 Å². The number of thioether (sulfide) groups is 2. The van der Waals surface area contributed by atoms with Gasteiger partial charge in [0.05, 0.1) is 47.9 Å². The van der Waals surface area contributed by atoms with Gasteiger partial charge in [-0.05, 0) is 101 Å². The average molecular weight is 942 g/mol. The molecule has 0 aliphatic carbocycles. The summed E-state index contributed by atoms with van der Waals surface area (Å²) < 4.78 is 15.6. The van der Waals surface area contributed by atoms with Crippen LogP contribution in [0.5, 0.6) is 5.75 Å². The lowest BCUT2D eigenvalue weighted by Crippen LogP contribution is -2.35. The summed E-state index contributed by atoms with van der Waals surface area (Å²) in [6.45, 7) is 13.8. The Morgan fingerprint density at radius 3 is 1.81 bits per heavy atom. The molecule has 0 radical (unpaired) electrons. The zero-order valence-corrected chi connectivity index (χ0v) is 40.6. The largest absolute Gasteiger partial charge is 0.508 e. The van der Waals surface area contributed by atoms with Crippen LogP contribution in [0.25, 0.3) is 63.0 Å². The van der Waals surface area contributed by atoms with Gasteiger partial charge in [0, 0.05) is 27.7 Å². The number of fused-ring (bicyclic) bond motifs is 9. The van der Waals surface area contributed by atoms with Gasteiger partial charge >= 0.3 is 0 Å². The predicted molar refractivity (Wildman–Crippen MR) is 275 cm³/mol. The fourth-order valence-corrected chi connectivity index (χ4v) is 13.1. The third-order valence-corrected chi connectivity index (χ3v) is 16.2. The molecular weight excluding hydrogens is 895 g/mol. The van der Waals surface area contributed by atoms with Crippen LogP contribution >= 0.6 is 57.5 Å². The molecule has 2 unspecified atom stereocenters. The number of hydrogen-bond donors (Lipinski definition) is 1. The number of carbonyl (C=O) groups excluding carboxylic acids is 1. The maximum Gasteiger partial charge on any atom is 0.181 e. The third-order valence-electron chi connectivity index (χ3n) is 10.6. The third kappa shape index (κ3) is 9.60. The topological polar surface area (TPSA) is 119 Å². The Balaban J connectivity index is 0.000000127. The number of nitrogens with zero attached hydrogens (tertiary/aromatic N) is 5. The number of ketones is 1. The summed E-state index contributed by atoms with van der Waals surface area (Å²) in [4.78, 5) is 34.8. The number of hydrogen-bond acceptors (Lipinski definition) is 14. The zero-order valence-electron chi connectivity index (χ0n) is 36.5. The summed E-state index contributed by atoms with van der Waals surface area (Å²) in [6.07, 6.45) is -0.181. The smallest absolute Gasteiger partial charge is 0.181 e. The second-order valence-electron chi connectivity index (χ2n) is 16.3. The van der Waals surface area contributed by atoms with E-state index in [4.69, 9.17) is 24.4 Å². The van der Waals surface area contributed by atoms with Crippen molar-refractivity contribution in [1.29, 1.82) is 0 Å². The van der Waals surface area contributed by atoms with Crippen molar-refractivity contribution in [2.75, 3.05) is 11.5 Å². The normalized spacial score (nSPS) is 16.3. The van der Waals surface area contributed by atoms with Gasteiger partial charge in [-0.1, -0.05) is 66.2 Å². The van der Waals surface area contributed by atoms with E-state index in [0.717, 1.165) is 68.6 Å². The summed E-state index contributed by atoms with van der Waals surface area (Å²) in [5, 5.41) is 21.8. The van der Waals surface area contributed by atoms with E-state index in [1.807, 2.05) is 52.0 Å². The van der Waals surface area contributed by atoms with Crippen molar-refractivity contribution in [3.8, 4) is 5.75 Å². The molecule has 11 rings (SSSR count). The van der Waals surface area contributed by atoms with Crippen molar-refractivity contribution in [3.63, 3.8) is 0 Å². The molecule has 0 fully saturated rings. The summed E-state index contributed by atoms with van der Waals surface area (Å²) >= 11 is 8.42. The molecule has 0 saturated heterocycles. The molecule has 0 saturated carbocycles. The molecule has 0 bridgehead atoms. The SMILES string of the molecule is CC(=O)C1CSC(c2nc3ccc4ccccc4c3s2)=N1.CC(C)OC(OC(C)C)C1CSC(c2nc3ccc4cc(O)ccc4c3s2)=N1.Cc1ccc2c(ccc3nc(C)sc32)c1. The molecular formula is C50H47N5O4S5. The zero-order chi connectivity index (χ0) is 44.6. The molecule has 3 aromatic heterocycles. The average Bonchev–Trinajstić information content (AvgIpc) is 4.12. The highest BCUT2D eigenvalue weighted by molar-refractivity contribution is 8.15. The maximum atomic E-state index is 11.4. The van der Waals surface area contributed by atoms with Crippen LogP contribution in [0.2, 0.25) is 0 Å². The van der Waals surface area contributed by atoms with Gasteiger partial charge in [0.1, 0.15) is 37.9 Å². The highest BCUT2D eigenvalue weighted by Crippen LogP contribution is 2.37. The number of aryl methyl sites for hydroxylation is 2. The minimum absolute atomic E-state index is 0.0366. The van der Waals surface area contributed by atoms with Gasteiger partial charge in [0.15, 0.2) is 12.1 Å². The molecule has 9 aromatic rings. The summed E-state index contributed by atoms with van der Waals surface area (Å²) in [7, 11) is 0. The van der Waals surface area contributed by atoms with E-state index in [0.29, 0.717) is 0 Å². The number of aliphatic imine (C=N–C) groups is 2. The Labute approximate surface area is 392 Å². The highest BCUT2D eigenvalue weighted by Gasteiger charge is 2.32. The molecule has 0 amide bonds. The molecule has 9 nitrogen and oxygen atoms in total. The van der Waals surface area contributed by atoms with Crippen LogP contribution in [-0.4, -0.2) is 78.0 Å². The van der Waals surface area contributed by atoms with Gasteiger partial charge in [-0.3, -0.25) is 14.8 Å². The van der Waals surface area contributed by atoms with Gasteiger partial charge in [0.25, 0.3) is 0 Å². The number of benzene rings is 6. The number of aromatic hydroxyl groups is 1. The number of thiazole rings is 3. The highest BCUT2D eigenvalue weighted by atomic mass is 32.2. The number of Topliss-reactive ketones (excluding diaryl/α,β-unsaturated/α-hetero) is 1. The van der Waals surface area contributed by atoms with Crippen LogP contribution in [0.3, 0.4) is 0 Å². The lowest BCUT2D eigenvalue weighted by Gasteiger charge is -2.25. The Morgan fingerprint density at radius 2 is 1.17 bits per heavy atom. The van der Waals surface area contributed by atoms with Crippen LogP contribution < -0.4 is 0 Å². The molecule has 64 heavy (non-hydrogen) atoms. The molecule has 326 valence electrons. The minimum Gasteiger partial charge on any atom is -0.508 e. The summed E-state index contributed by atoms with van der Waals surface area (Å²) in [6, 6.07) is 32.6. The Morgan fingerprint density at radius 1 is 0.625 bits per heavy atom. The van der Waals surface area contributed by atoms with Gasteiger partial charge in [0.2, 0.25) is 0 Å². The Kier molecular flexibility index (Phi) is 13.2. The van der Waals surface area contributed by atoms with E-state index in [1.54, 1.807) is 76.6 Å². The van der Waals surface area contributed by atoms with Crippen molar-refractivity contribution in [1.82, 2.24) is 15.0 Å². The molecule has 6 aromatic carbocycles. The van der Waals surface area contributed by atoms with E-state index in [-0.39, 0.29) is 42.1 Å². The summed E-state index contributed by atoms with van der Waals surface area (Å²) in [5.74, 6) is 1.96. The molecule has 2 aliphatic heterocycles. The van der Waals surface area contributed by atoms with Crippen molar-refractivity contribution in [3.05, 3.63) is 118 Å². The maximum absolute atomic E-state index is 11.4. The van der Waals surface area contributed by atoms with E-state index in [9.17, 15) is 9.90 Å². The number of carbonyl (C=O) groups is 1. The molecule has 2 atom stereocenters. The Bertz CT molecular complexity index is 3250. The molecule has 2 aliphatic rings. The van der Waals surface area contributed by atoms with Gasteiger partial charge in [-0.15, -0.1) is 57.5 Å². The second-order valence-corrected chi connectivity index (χ2v) is 21.5. The first-order valence-electron chi connectivity index (χ1n) is 21.2. The van der Waals surface area contributed by atoms with Crippen molar-refractivity contribution < 1.29 is 19.4 Å². The monoisotopic (exact) mass is 941 g/mol. The van der Waals surface area contributed by atoms with Crippen molar-refractivity contribution >= 4 is 136 Å². The van der Waals surface area contributed by atoms with Crippen LogP contribution in [0.15, 0.2) is 107 Å². The second kappa shape index (κ2) is 19.0. The molecule has 14 heteroatoms. The van der Waals surface area contributed by atoms with E-state index >= 15 is 0 Å². The van der Waals surface area contributed by atoms with Crippen molar-refractivity contribution in [2.24, 2.45) is 9.98 Å². The molecule has 5 heterocycles. The van der Waals surface area contributed by atoms with Gasteiger partial charge < -0.3 is 14.6 Å². The number of ether oxygens (including phenoxy) is 2. The first kappa shape index (κ1) is 44.4. The van der Waals surface area contributed by atoms with Crippen LogP contribution in [0.4, 0.5) is 0 Å². The standard InChI is InChI=1S/C21H24N2O3S2.C16H12N2OS2.C13H11NS/c1-11(2)25-21(26-12(3)4)17-10-27-19(23-17)20-22-16-8-5-13-9-14(24)6-7-15(13)18(16)28-20;1-9(19)13-8-20-15(18-13)16-17-12-7-6-10-4-2-3-5-11(10)14(12)21-16;1-8-3-5-11-10(7-8)4-6-12-13(11)15-9(2)14-12/h5-9,11-12,17,21,24H,10H2,1-4H3;2-7,13H,8H2,1H3;3-7H,1-2H3. The van der Waals surface area contributed by atoms with E-state index in [2.05, 4.69) is 84.5 Å². The van der Waals surface area contributed by atoms with Gasteiger partial charge in [-0.2, -0.15) is 0 Å².